The second-order valence-corrected chi connectivity index (χ2v) is 5.64. The molecule has 1 aromatic carbocycles. The Balaban J connectivity index is 0.00000529. The van der Waals surface area contributed by atoms with Crippen molar-refractivity contribution in [2.75, 3.05) is 33.2 Å². The van der Waals surface area contributed by atoms with Gasteiger partial charge in [-0.05, 0) is 32.4 Å². The van der Waals surface area contributed by atoms with Gasteiger partial charge in [0.1, 0.15) is 0 Å². The molecule has 0 aromatic heterocycles. The van der Waals surface area contributed by atoms with Crippen molar-refractivity contribution in [1.82, 2.24) is 15.5 Å². The molecule has 0 saturated heterocycles. The van der Waals surface area contributed by atoms with Crippen molar-refractivity contribution >= 4 is 35.8 Å². The number of nitrogens with zero attached hydrogens (tertiary/aromatic N) is 2. The summed E-state index contributed by atoms with van der Waals surface area (Å²) in [6, 6.07) is 7.60. The number of unbranched alkanes of at least 4 members (excludes halogenated alkanes) is 1. The van der Waals surface area contributed by atoms with E-state index >= 15 is 0 Å². The van der Waals surface area contributed by atoms with E-state index in [4.69, 9.17) is 0 Å². The largest absolute Gasteiger partial charge is 0.357 e. The van der Waals surface area contributed by atoms with Gasteiger partial charge in [-0.3, -0.25) is 9.79 Å². The third-order valence-electron chi connectivity index (χ3n) is 3.48. The van der Waals surface area contributed by atoms with Crippen LogP contribution in [0.1, 0.15) is 42.6 Å². The summed E-state index contributed by atoms with van der Waals surface area (Å²) in [7, 11) is 2.04. The van der Waals surface area contributed by atoms with Gasteiger partial charge in [0.25, 0.3) is 5.91 Å². The molecule has 6 heteroatoms. The fourth-order valence-corrected chi connectivity index (χ4v) is 2.19. The van der Waals surface area contributed by atoms with E-state index in [-0.39, 0.29) is 29.9 Å². The van der Waals surface area contributed by atoms with Crippen LogP contribution in [0.3, 0.4) is 0 Å². The van der Waals surface area contributed by atoms with Crippen molar-refractivity contribution in [2.45, 2.75) is 33.6 Å². The molecule has 0 spiro atoms. The van der Waals surface area contributed by atoms with Crippen LogP contribution in [0.4, 0.5) is 0 Å². The lowest BCUT2D eigenvalue weighted by Crippen LogP contribution is -2.40. The van der Waals surface area contributed by atoms with Crippen molar-refractivity contribution in [1.29, 1.82) is 0 Å². The van der Waals surface area contributed by atoms with E-state index in [1.54, 1.807) is 0 Å². The van der Waals surface area contributed by atoms with Crippen LogP contribution in [-0.4, -0.2) is 50.0 Å². The Kier molecular flexibility index (Phi) is 12.3. The molecule has 1 rings (SSSR count). The Labute approximate surface area is 163 Å². The quantitative estimate of drug-likeness (QED) is 0.279. The Bertz CT molecular complexity index is 519. The standard InChI is InChI=1S/C18H30N4O.HI/c1-5-7-13-22(4)18(19-6-2)21-12-11-20-17(23)16-10-8-9-15(3)14-16;/h8-10,14H,5-7,11-13H2,1-4H3,(H,19,21)(H,20,23);1H. The summed E-state index contributed by atoms with van der Waals surface area (Å²) in [5.74, 6) is 0.846. The number of rotatable bonds is 8. The first kappa shape index (κ1) is 22.7. The van der Waals surface area contributed by atoms with E-state index in [0.717, 1.165) is 37.5 Å². The third-order valence-corrected chi connectivity index (χ3v) is 3.48. The van der Waals surface area contributed by atoms with Gasteiger partial charge in [0.05, 0.1) is 6.54 Å². The second-order valence-electron chi connectivity index (χ2n) is 5.64. The van der Waals surface area contributed by atoms with Crippen LogP contribution in [0.5, 0.6) is 0 Å². The summed E-state index contributed by atoms with van der Waals surface area (Å²) in [6.07, 6.45) is 2.31. The minimum absolute atomic E-state index is 0. The minimum atomic E-state index is -0.0479. The van der Waals surface area contributed by atoms with Crippen LogP contribution in [-0.2, 0) is 0 Å². The SMILES string of the molecule is CCCCN(C)C(=NCCNC(=O)c1cccc(C)c1)NCC.I. The predicted octanol–water partition coefficient (Wildman–Crippen LogP) is 3.04. The molecule has 5 nitrogen and oxygen atoms in total. The molecule has 136 valence electrons. The molecule has 0 bridgehead atoms. The average Bonchev–Trinajstić information content (AvgIpc) is 2.55. The zero-order valence-corrected chi connectivity index (χ0v) is 17.6. The topological polar surface area (TPSA) is 56.7 Å². The van der Waals surface area contributed by atoms with E-state index in [2.05, 4.69) is 34.4 Å². The number of benzene rings is 1. The number of nitrogens with one attached hydrogen (secondary N) is 2. The van der Waals surface area contributed by atoms with Gasteiger partial charge in [-0.1, -0.05) is 31.0 Å². The first-order valence-electron chi connectivity index (χ1n) is 8.42. The summed E-state index contributed by atoms with van der Waals surface area (Å²) in [5.41, 5.74) is 1.78. The van der Waals surface area contributed by atoms with Crippen molar-refractivity contribution in [3.05, 3.63) is 35.4 Å². The molecule has 0 aliphatic heterocycles. The summed E-state index contributed by atoms with van der Waals surface area (Å²) in [5, 5.41) is 6.20. The molecule has 0 saturated carbocycles. The van der Waals surface area contributed by atoms with Crippen LogP contribution < -0.4 is 10.6 Å². The first-order valence-corrected chi connectivity index (χ1v) is 8.42. The van der Waals surface area contributed by atoms with Crippen molar-refractivity contribution < 1.29 is 4.79 Å². The van der Waals surface area contributed by atoms with Gasteiger partial charge in [0.15, 0.2) is 5.96 Å². The Morgan fingerprint density at radius 2 is 2.00 bits per heavy atom. The lowest BCUT2D eigenvalue weighted by atomic mass is 10.1. The first-order chi connectivity index (χ1) is 11.1. The smallest absolute Gasteiger partial charge is 0.251 e. The highest BCUT2D eigenvalue weighted by Gasteiger charge is 2.06. The average molecular weight is 446 g/mol. The van der Waals surface area contributed by atoms with E-state index < -0.39 is 0 Å². The lowest BCUT2D eigenvalue weighted by Gasteiger charge is -2.21. The Hall–Kier alpha value is -1.31. The van der Waals surface area contributed by atoms with Gasteiger partial charge in [-0.2, -0.15) is 0 Å². The number of carbonyl (C=O) groups is 1. The molecule has 0 radical (unpaired) electrons. The molecule has 0 heterocycles. The van der Waals surface area contributed by atoms with Gasteiger partial charge in [0.2, 0.25) is 0 Å². The summed E-state index contributed by atoms with van der Waals surface area (Å²) in [6.45, 7) is 9.14. The molecule has 0 unspecified atom stereocenters. The van der Waals surface area contributed by atoms with Crippen LogP contribution >= 0.6 is 24.0 Å². The van der Waals surface area contributed by atoms with E-state index in [1.807, 2.05) is 38.2 Å². The van der Waals surface area contributed by atoms with Crippen molar-refractivity contribution in [3.8, 4) is 0 Å². The number of halogens is 1. The molecule has 0 aliphatic carbocycles. The number of hydrogen-bond donors (Lipinski definition) is 2. The maximum Gasteiger partial charge on any atom is 0.251 e. The molecule has 0 aliphatic rings. The molecule has 0 atom stereocenters. The number of guanidine groups is 1. The van der Waals surface area contributed by atoms with Gasteiger partial charge in [-0.15, -0.1) is 24.0 Å². The Morgan fingerprint density at radius 3 is 2.62 bits per heavy atom. The highest BCUT2D eigenvalue weighted by Crippen LogP contribution is 2.03. The van der Waals surface area contributed by atoms with Gasteiger partial charge in [-0.25, -0.2) is 0 Å². The molecule has 1 aromatic rings. The summed E-state index contributed by atoms with van der Waals surface area (Å²) < 4.78 is 0. The highest BCUT2D eigenvalue weighted by molar-refractivity contribution is 14.0. The molecule has 2 N–H and O–H groups in total. The van der Waals surface area contributed by atoms with E-state index in [9.17, 15) is 4.79 Å². The highest BCUT2D eigenvalue weighted by atomic mass is 127. The Morgan fingerprint density at radius 1 is 1.25 bits per heavy atom. The minimum Gasteiger partial charge on any atom is -0.357 e. The predicted molar refractivity (Wildman–Crippen MR) is 112 cm³/mol. The monoisotopic (exact) mass is 446 g/mol. The normalized spacial score (nSPS) is 10.8. The molecular weight excluding hydrogens is 415 g/mol. The van der Waals surface area contributed by atoms with Crippen LogP contribution in [0.2, 0.25) is 0 Å². The van der Waals surface area contributed by atoms with Gasteiger partial charge in [0, 0.05) is 32.2 Å². The van der Waals surface area contributed by atoms with Crippen LogP contribution in [0.25, 0.3) is 0 Å². The number of hydrogen-bond acceptors (Lipinski definition) is 2. The van der Waals surface area contributed by atoms with Crippen molar-refractivity contribution in [3.63, 3.8) is 0 Å². The fraction of sp³-hybridized carbons (Fsp3) is 0.556. The van der Waals surface area contributed by atoms with Gasteiger partial charge >= 0.3 is 0 Å². The molecule has 1 amide bonds. The zero-order chi connectivity index (χ0) is 17.1. The maximum atomic E-state index is 12.1. The van der Waals surface area contributed by atoms with Crippen molar-refractivity contribution in [2.24, 2.45) is 4.99 Å². The molecule has 24 heavy (non-hydrogen) atoms. The third kappa shape index (κ3) is 8.52. The number of amides is 1. The maximum absolute atomic E-state index is 12.1. The van der Waals surface area contributed by atoms with E-state index in [0.29, 0.717) is 18.7 Å². The van der Waals surface area contributed by atoms with Crippen LogP contribution in [0, 0.1) is 6.92 Å². The van der Waals surface area contributed by atoms with Gasteiger partial charge < -0.3 is 15.5 Å². The zero-order valence-electron chi connectivity index (χ0n) is 15.3. The number of aliphatic imine (C=N–C) groups is 1. The molecular formula is C18H31IN4O. The summed E-state index contributed by atoms with van der Waals surface area (Å²) >= 11 is 0. The summed E-state index contributed by atoms with van der Waals surface area (Å²) in [4.78, 5) is 18.8. The second kappa shape index (κ2) is 13.0. The number of carbonyl (C=O) groups excluding carboxylic acids is 1. The van der Waals surface area contributed by atoms with Crippen LogP contribution in [0.15, 0.2) is 29.3 Å². The molecule has 0 fully saturated rings. The lowest BCUT2D eigenvalue weighted by molar-refractivity contribution is 0.0954. The fourth-order valence-electron chi connectivity index (χ4n) is 2.19. The number of aryl methyl sites for hydroxylation is 1. The van der Waals surface area contributed by atoms with E-state index in [1.165, 1.54) is 0 Å².